The van der Waals surface area contributed by atoms with Gasteiger partial charge in [0, 0.05) is 18.1 Å². The van der Waals surface area contributed by atoms with Crippen molar-refractivity contribution in [2.24, 2.45) is 0 Å². The highest BCUT2D eigenvalue weighted by atomic mass is 32.2. The lowest BCUT2D eigenvalue weighted by atomic mass is 10.5. The number of nitrogens with zero attached hydrogens (tertiary/aromatic N) is 1. The van der Waals surface area contributed by atoms with Gasteiger partial charge in [-0.15, -0.1) is 6.58 Å². The van der Waals surface area contributed by atoms with Gasteiger partial charge in [0.1, 0.15) is 0 Å². The van der Waals surface area contributed by atoms with Crippen LogP contribution in [0.1, 0.15) is 13.8 Å². The summed E-state index contributed by atoms with van der Waals surface area (Å²) < 4.78 is 0. The molecule has 0 aliphatic rings. The first-order chi connectivity index (χ1) is 5.35. The molecule has 0 saturated carbocycles. The smallest absolute Gasteiger partial charge is 0.0111 e. The fourth-order valence-corrected chi connectivity index (χ4v) is 1.62. The summed E-state index contributed by atoms with van der Waals surface area (Å²) in [5.74, 6) is 2.31. The van der Waals surface area contributed by atoms with Gasteiger partial charge < -0.3 is 4.90 Å². The molecule has 0 aliphatic heterocycles. The first kappa shape index (κ1) is 11.1. The SMILES string of the molecule is C=CCSCCN(CC)CC. The van der Waals surface area contributed by atoms with E-state index in [9.17, 15) is 0 Å². The van der Waals surface area contributed by atoms with Gasteiger partial charge >= 0.3 is 0 Å². The molecule has 2 heteroatoms. The van der Waals surface area contributed by atoms with Crippen molar-refractivity contribution in [3.63, 3.8) is 0 Å². The third-order valence-electron chi connectivity index (χ3n) is 1.68. The molecule has 0 atom stereocenters. The zero-order valence-electron chi connectivity index (χ0n) is 7.68. The maximum Gasteiger partial charge on any atom is 0.0111 e. The number of hydrogen-bond donors (Lipinski definition) is 0. The molecule has 0 aromatic rings. The van der Waals surface area contributed by atoms with Crippen molar-refractivity contribution in [1.82, 2.24) is 4.90 Å². The van der Waals surface area contributed by atoms with Crippen LogP contribution in [-0.4, -0.2) is 36.0 Å². The van der Waals surface area contributed by atoms with Gasteiger partial charge in [-0.1, -0.05) is 19.9 Å². The average Bonchev–Trinajstić information content (AvgIpc) is 2.05. The Balaban J connectivity index is 3.13. The van der Waals surface area contributed by atoms with Crippen molar-refractivity contribution >= 4 is 11.8 Å². The molecule has 0 bridgehead atoms. The highest BCUT2D eigenvalue weighted by Crippen LogP contribution is 2.00. The normalized spacial score (nSPS) is 10.5. The summed E-state index contributed by atoms with van der Waals surface area (Å²) in [5, 5.41) is 0. The topological polar surface area (TPSA) is 3.24 Å². The second-order valence-electron chi connectivity index (χ2n) is 2.39. The molecule has 0 aromatic carbocycles. The largest absolute Gasteiger partial charge is 0.303 e. The summed E-state index contributed by atoms with van der Waals surface area (Å²) in [7, 11) is 0. The van der Waals surface area contributed by atoms with E-state index < -0.39 is 0 Å². The van der Waals surface area contributed by atoms with Crippen LogP contribution in [0.2, 0.25) is 0 Å². The summed E-state index contributed by atoms with van der Waals surface area (Å²) in [4.78, 5) is 2.44. The monoisotopic (exact) mass is 173 g/mol. The Morgan fingerprint density at radius 2 is 2.00 bits per heavy atom. The lowest BCUT2D eigenvalue weighted by Gasteiger charge is -2.16. The third-order valence-corrected chi connectivity index (χ3v) is 2.62. The molecule has 0 aromatic heterocycles. The van der Waals surface area contributed by atoms with Gasteiger partial charge in [0.2, 0.25) is 0 Å². The molecule has 0 spiro atoms. The van der Waals surface area contributed by atoms with Crippen molar-refractivity contribution < 1.29 is 0 Å². The molecule has 66 valence electrons. The lowest BCUT2D eigenvalue weighted by molar-refractivity contribution is 0.324. The minimum absolute atomic E-state index is 1.08. The second kappa shape index (κ2) is 8.15. The maximum atomic E-state index is 3.68. The maximum absolute atomic E-state index is 3.68. The Hall–Kier alpha value is 0.0500. The molecule has 0 heterocycles. The van der Waals surface area contributed by atoms with E-state index >= 15 is 0 Å². The molecule has 0 N–H and O–H groups in total. The molecule has 0 aliphatic carbocycles. The van der Waals surface area contributed by atoms with Gasteiger partial charge in [0.25, 0.3) is 0 Å². The Kier molecular flexibility index (Phi) is 8.19. The average molecular weight is 173 g/mol. The van der Waals surface area contributed by atoms with Gasteiger partial charge in [0.15, 0.2) is 0 Å². The molecule has 0 radical (unpaired) electrons. The summed E-state index contributed by atoms with van der Waals surface area (Å²) in [5.41, 5.74) is 0. The van der Waals surface area contributed by atoms with Crippen molar-refractivity contribution in [3.05, 3.63) is 12.7 Å². The molecule has 11 heavy (non-hydrogen) atoms. The molecular formula is C9H19NS. The summed E-state index contributed by atoms with van der Waals surface area (Å²) >= 11 is 1.95. The van der Waals surface area contributed by atoms with Gasteiger partial charge in [-0.25, -0.2) is 0 Å². The number of rotatable bonds is 7. The van der Waals surface area contributed by atoms with E-state index in [0.717, 1.165) is 5.75 Å². The van der Waals surface area contributed by atoms with Crippen LogP contribution < -0.4 is 0 Å². The van der Waals surface area contributed by atoms with Crippen LogP contribution in [-0.2, 0) is 0 Å². The van der Waals surface area contributed by atoms with E-state index in [0.29, 0.717) is 0 Å². The zero-order chi connectivity index (χ0) is 8.53. The van der Waals surface area contributed by atoms with Crippen molar-refractivity contribution in [2.45, 2.75) is 13.8 Å². The van der Waals surface area contributed by atoms with Crippen LogP contribution in [0, 0.1) is 0 Å². The van der Waals surface area contributed by atoms with Gasteiger partial charge in [-0.05, 0) is 13.1 Å². The molecule has 0 rings (SSSR count). The van der Waals surface area contributed by atoms with Crippen LogP contribution in [0.25, 0.3) is 0 Å². The molecule has 0 amide bonds. The van der Waals surface area contributed by atoms with Crippen LogP contribution in [0.5, 0.6) is 0 Å². The van der Waals surface area contributed by atoms with Gasteiger partial charge in [0.05, 0.1) is 0 Å². The summed E-state index contributed by atoms with van der Waals surface area (Å²) in [6.07, 6.45) is 1.97. The van der Waals surface area contributed by atoms with E-state index in [1.807, 2.05) is 17.8 Å². The van der Waals surface area contributed by atoms with Crippen LogP contribution in [0.3, 0.4) is 0 Å². The van der Waals surface area contributed by atoms with Gasteiger partial charge in [-0.3, -0.25) is 0 Å². The zero-order valence-corrected chi connectivity index (χ0v) is 8.49. The van der Waals surface area contributed by atoms with Crippen molar-refractivity contribution in [1.29, 1.82) is 0 Å². The Morgan fingerprint density at radius 3 is 2.45 bits per heavy atom. The Bertz CT molecular complexity index is 89.6. The Labute approximate surface area is 74.9 Å². The predicted molar refractivity (Wildman–Crippen MR) is 55.3 cm³/mol. The highest BCUT2D eigenvalue weighted by Gasteiger charge is 1.96. The third kappa shape index (κ3) is 6.45. The predicted octanol–water partition coefficient (Wildman–Crippen LogP) is 2.25. The van der Waals surface area contributed by atoms with E-state index in [2.05, 4.69) is 25.3 Å². The standard InChI is InChI=1S/C9H19NS/c1-4-8-11-9-7-10(5-2)6-3/h4H,1,5-9H2,2-3H3. The minimum atomic E-state index is 1.08. The lowest BCUT2D eigenvalue weighted by Crippen LogP contribution is -2.25. The number of thioether (sulfide) groups is 1. The minimum Gasteiger partial charge on any atom is -0.303 e. The highest BCUT2D eigenvalue weighted by molar-refractivity contribution is 7.99. The molecule has 1 nitrogen and oxygen atoms in total. The van der Waals surface area contributed by atoms with Crippen LogP contribution in [0.4, 0.5) is 0 Å². The molecular weight excluding hydrogens is 154 g/mol. The van der Waals surface area contributed by atoms with E-state index in [-0.39, 0.29) is 0 Å². The fourth-order valence-electron chi connectivity index (χ4n) is 0.900. The number of hydrogen-bond acceptors (Lipinski definition) is 2. The quantitative estimate of drug-likeness (QED) is 0.429. The first-order valence-electron chi connectivity index (χ1n) is 4.26. The Morgan fingerprint density at radius 1 is 1.36 bits per heavy atom. The van der Waals surface area contributed by atoms with E-state index in [1.165, 1.54) is 25.4 Å². The van der Waals surface area contributed by atoms with Crippen molar-refractivity contribution in [2.75, 3.05) is 31.1 Å². The molecule has 0 unspecified atom stereocenters. The molecule has 0 fully saturated rings. The summed E-state index contributed by atoms with van der Waals surface area (Å²) in [6, 6.07) is 0. The fraction of sp³-hybridized carbons (Fsp3) is 0.778. The molecule has 0 saturated heterocycles. The van der Waals surface area contributed by atoms with E-state index in [1.54, 1.807) is 0 Å². The second-order valence-corrected chi connectivity index (χ2v) is 3.54. The summed E-state index contributed by atoms with van der Waals surface area (Å²) in [6.45, 7) is 11.7. The van der Waals surface area contributed by atoms with Crippen LogP contribution >= 0.6 is 11.8 Å². The van der Waals surface area contributed by atoms with Crippen molar-refractivity contribution in [3.8, 4) is 0 Å². The van der Waals surface area contributed by atoms with Gasteiger partial charge in [-0.2, -0.15) is 11.8 Å². The first-order valence-corrected chi connectivity index (χ1v) is 5.41. The van der Waals surface area contributed by atoms with Crippen LogP contribution in [0.15, 0.2) is 12.7 Å². The van der Waals surface area contributed by atoms with E-state index in [4.69, 9.17) is 0 Å².